The summed E-state index contributed by atoms with van der Waals surface area (Å²) in [4.78, 5) is 13.8. The Morgan fingerprint density at radius 1 is 1.00 bits per heavy atom. The summed E-state index contributed by atoms with van der Waals surface area (Å²) >= 11 is 0. The van der Waals surface area contributed by atoms with Crippen LogP contribution < -0.4 is 0 Å². The number of hydrogen-bond donors (Lipinski definition) is 0. The van der Waals surface area contributed by atoms with Gasteiger partial charge in [-0.2, -0.15) is 0 Å². The molecule has 0 aromatic heterocycles. The third kappa shape index (κ3) is 3.27. The van der Waals surface area contributed by atoms with E-state index in [0.717, 1.165) is 19.3 Å². The molecule has 0 aliphatic heterocycles. The third-order valence-corrected chi connectivity index (χ3v) is 13.7. The van der Waals surface area contributed by atoms with Crippen molar-refractivity contribution in [1.29, 1.82) is 0 Å². The van der Waals surface area contributed by atoms with Crippen LogP contribution in [-0.2, 0) is 14.6 Å². The lowest BCUT2D eigenvalue weighted by atomic mass is 9.49. The fraction of sp³-hybridized carbons (Fsp3) is 0.731. The van der Waals surface area contributed by atoms with Crippen molar-refractivity contribution in [2.45, 2.75) is 102 Å². The highest BCUT2D eigenvalue weighted by molar-refractivity contribution is 6.74. The second kappa shape index (κ2) is 7.05. The van der Waals surface area contributed by atoms with Crippen LogP contribution in [0.4, 0.5) is 0 Å². The number of ketones is 1. The highest BCUT2D eigenvalue weighted by Crippen LogP contribution is 2.71. The van der Waals surface area contributed by atoms with Crippen LogP contribution >= 0.6 is 0 Å². The Kier molecular flexibility index (Phi) is 5.18. The van der Waals surface area contributed by atoms with Crippen LogP contribution in [0, 0.1) is 17.3 Å². The molecule has 29 heavy (non-hydrogen) atoms. The number of carbonyl (C=O) groups is 1. The average Bonchev–Trinajstić information content (AvgIpc) is 3.41. The van der Waals surface area contributed by atoms with Crippen LogP contribution in [0.15, 0.2) is 30.3 Å². The molecule has 160 valence electrons. The van der Waals surface area contributed by atoms with Gasteiger partial charge in [-0.15, -0.1) is 0 Å². The lowest BCUT2D eigenvalue weighted by Crippen LogP contribution is -2.56. The molecule has 2 bridgehead atoms. The van der Waals surface area contributed by atoms with E-state index in [4.69, 9.17) is 4.43 Å². The van der Waals surface area contributed by atoms with Gasteiger partial charge in [-0.05, 0) is 79.5 Å². The van der Waals surface area contributed by atoms with E-state index in [1.165, 1.54) is 31.2 Å². The Morgan fingerprint density at radius 2 is 1.66 bits per heavy atom. The van der Waals surface area contributed by atoms with Gasteiger partial charge in [-0.3, -0.25) is 4.79 Å². The Hall–Kier alpha value is -0.933. The molecule has 0 N–H and O–H groups in total. The monoisotopic (exact) mass is 412 g/mol. The number of carbonyl (C=O) groups excluding carboxylic acids is 1. The normalized spacial score (nSPS) is 34.6. The summed E-state index contributed by atoms with van der Waals surface area (Å²) in [6, 6.07) is 10.8. The molecule has 3 saturated carbocycles. The zero-order valence-electron chi connectivity index (χ0n) is 19.4. The molecule has 2 nitrogen and oxygen atoms in total. The summed E-state index contributed by atoms with van der Waals surface area (Å²) in [5.41, 5.74) is 1.22. The lowest BCUT2D eigenvalue weighted by molar-refractivity contribution is -0.138. The highest BCUT2D eigenvalue weighted by atomic mass is 28.4. The fourth-order valence-electron chi connectivity index (χ4n) is 6.54. The molecule has 0 heterocycles. The largest absolute Gasteiger partial charge is 0.414 e. The smallest absolute Gasteiger partial charge is 0.192 e. The van der Waals surface area contributed by atoms with Crippen molar-refractivity contribution in [3.8, 4) is 0 Å². The molecule has 1 aromatic rings. The maximum absolute atomic E-state index is 13.8. The van der Waals surface area contributed by atoms with Gasteiger partial charge in [0.05, 0.1) is 5.41 Å². The van der Waals surface area contributed by atoms with E-state index >= 15 is 0 Å². The first-order valence-corrected chi connectivity index (χ1v) is 14.7. The molecule has 3 heteroatoms. The van der Waals surface area contributed by atoms with Gasteiger partial charge in [0, 0.05) is 12.5 Å². The predicted octanol–water partition coefficient (Wildman–Crippen LogP) is 6.89. The molecule has 0 saturated heterocycles. The molecule has 3 fully saturated rings. The van der Waals surface area contributed by atoms with Gasteiger partial charge in [-0.1, -0.05) is 58.0 Å². The molecule has 0 amide bonds. The van der Waals surface area contributed by atoms with Crippen LogP contribution in [0.3, 0.4) is 0 Å². The van der Waals surface area contributed by atoms with E-state index in [9.17, 15) is 4.79 Å². The SMILES string of the molecule is CC1CC(=O)[C@@]2(c3ccccc3)CCC(O[Si](C)(C)C(C)(C)C)CC[C@@H]1C21CC1. The molecule has 2 unspecified atom stereocenters. The minimum absolute atomic E-state index is 0.213. The average molecular weight is 413 g/mol. The van der Waals surface area contributed by atoms with E-state index in [-0.39, 0.29) is 15.9 Å². The van der Waals surface area contributed by atoms with Crippen LogP contribution in [0.1, 0.15) is 78.2 Å². The highest BCUT2D eigenvalue weighted by Gasteiger charge is 2.69. The number of hydrogen-bond acceptors (Lipinski definition) is 2. The van der Waals surface area contributed by atoms with Gasteiger partial charge in [0.25, 0.3) is 0 Å². The van der Waals surface area contributed by atoms with Crippen molar-refractivity contribution >= 4 is 14.1 Å². The maximum Gasteiger partial charge on any atom is 0.192 e. The third-order valence-electron chi connectivity index (χ3n) is 9.19. The lowest BCUT2D eigenvalue weighted by Gasteiger charge is -2.53. The van der Waals surface area contributed by atoms with Crippen molar-refractivity contribution in [2.24, 2.45) is 17.3 Å². The molecular formula is C26H40O2Si. The zero-order valence-corrected chi connectivity index (χ0v) is 20.4. The van der Waals surface area contributed by atoms with Crippen molar-refractivity contribution in [3.05, 3.63) is 35.9 Å². The van der Waals surface area contributed by atoms with Gasteiger partial charge in [0.2, 0.25) is 0 Å². The Morgan fingerprint density at radius 3 is 2.24 bits per heavy atom. The summed E-state index contributed by atoms with van der Waals surface area (Å²) in [6.45, 7) is 14.1. The van der Waals surface area contributed by atoms with Crippen LogP contribution in [0.2, 0.25) is 18.1 Å². The molecule has 3 aliphatic rings. The molecule has 1 spiro atoms. The molecule has 4 atom stereocenters. The first-order chi connectivity index (χ1) is 13.5. The zero-order chi connectivity index (χ0) is 21.1. The number of benzene rings is 1. The standard InChI is InChI=1S/C26H40O2Si/c1-19-18-23(27)26(20-10-8-7-9-11-20)15-14-21(28-29(5,6)24(2,3)4)12-13-22(19)25(26)16-17-25/h7-11,19,21-22H,12-18H2,1-6H3/t19?,21?,22-,26-/m0/s1. The summed E-state index contributed by atoms with van der Waals surface area (Å²) < 4.78 is 6.91. The van der Waals surface area contributed by atoms with Gasteiger partial charge < -0.3 is 4.43 Å². The molecule has 0 radical (unpaired) electrons. The van der Waals surface area contributed by atoms with E-state index in [0.29, 0.717) is 23.7 Å². The first kappa shape index (κ1) is 21.3. The quantitative estimate of drug-likeness (QED) is 0.505. The van der Waals surface area contributed by atoms with Gasteiger partial charge in [-0.25, -0.2) is 0 Å². The van der Waals surface area contributed by atoms with Crippen molar-refractivity contribution in [3.63, 3.8) is 0 Å². The minimum atomic E-state index is -1.81. The second-order valence-electron chi connectivity index (χ2n) is 11.8. The van der Waals surface area contributed by atoms with Crippen LogP contribution in [-0.4, -0.2) is 20.2 Å². The van der Waals surface area contributed by atoms with E-state index in [1.54, 1.807) is 0 Å². The summed E-state index contributed by atoms with van der Waals surface area (Å²) in [6.07, 6.45) is 7.91. The van der Waals surface area contributed by atoms with Gasteiger partial charge >= 0.3 is 0 Å². The van der Waals surface area contributed by atoms with Crippen molar-refractivity contribution in [1.82, 2.24) is 0 Å². The molecular weight excluding hydrogens is 372 g/mol. The number of rotatable bonds is 3. The Labute approximate surface area is 178 Å². The van der Waals surface area contributed by atoms with E-state index in [1.807, 2.05) is 0 Å². The molecule has 3 aliphatic carbocycles. The summed E-state index contributed by atoms with van der Waals surface area (Å²) in [7, 11) is -1.81. The van der Waals surface area contributed by atoms with Crippen LogP contribution in [0.25, 0.3) is 0 Å². The Balaban J connectivity index is 1.71. The second-order valence-corrected chi connectivity index (χ2v) is 16.5. The van der Waals surface area contributed by atoms with Crippen LogP contribution in [0.5, 0.6) is 0 Å². The van der Waals surface area contributed by atoms with Gasteiger partial charge in [0.15, 0.2) is 8.32 Å². The first-order valence-electron chi connectivity index (χ1n) is 11.8. The summed E-state index contributed by atoms with van der Waals surface area (Å²) in [5, 5.41) is 0.225. The predicted molar refractivity (Wildman–Crippen MR) is 123 cm³/mol. The van der Waals surface area contributed by atoms with E-state index in [2.05, 4.69) is 71.1 Å². The molecule has 4 rings (SSSR count). The Bertz CT molecular complexity index is 759. The minimum Gasteiger partial charge on any atom is -0.414 e. The fourth-order valence-corrected chi connectivity index (χ4v) is 7.97. The van der Waals surface area contributed by atoms with Crippen molar-refractivity contribution < 1.29 is 9.22 Å². The topological polar surface area (TPSA) is 26.3 Å². The van der Waals surface area contributed by atoms with E-state index < -0.39 is 8.32 Å². The number of Topliss-reactive ketones (excluding diaryl/α,β-unsaturated/α-hetero) is 1. The molecule has 1 aromatic carbocycles. The van der Waals surface area contributed by atoms with Crippen molar-refractivity contribution in [2.75, 3.05) is 0 Å². The summed E-state index contributed by atoms with van der Waals surface area (Å²) in [5.74, 6) is 1.68. The maximum atomic E-state index is 13.8. The van der Waals surface area contributed by atoms with Gasteiger partial charge in [0.1, 0.15) is 5.78 Å².